The van der Waals surface area contributed by atoms with Crippen LogP contribution in [0.2, 0.25) is 0 Å². The number of methoxy groups -OCH3 is 1. The maximum absolute atomic E-state index is 12.8. The van der Waals surface area contributed by atoms with Gasteiger partial charge in [0.25, 0.3) is 6.17 Å². The van der Waals surface area contributed by atoms with Gasteiger partial charge < -0.3 is 9.94 Å². The minimum atomic E-state index is -0.310. The second kappa shape index (κ2) is 6.87. The molecule has 1 fully saturated rings. The number of thioether (sulfide) groups is 1. The van der Waals surface area contributed by atoms with E-state index in [2.05, 4.69) is 20.8 Å². The van der Waals surface area contributed by atoms with Gasteiger partial charge in [-0.1, -0.05) is 43.0 Å². The Morgan fingerprint density at radius 3 is 2.77 bits per heavy atom. The summed E-state index contributed by atoms with van der Waals surface area (Å²) in [5.41, 5.74) is 0.773. The number of para-hydroxylation sites is 1. The average molecular weight is 338 g/mol. The first-order valence-corrected chi connectivity index (χ1v) is 8.56. The fourth-order valence-corrected chi connectivity index (χ4v) is 4.62. The molecule has 0 spiro atoms. The van der Waals surface area contributed by atoms with Crippen LogP contribution in [0.1, 0.15) is 32.8 Å². The fourth-order valence-electron chi connectivity index (χ4n) is 2.69. The van der Waals surface area contributed by atoms with Crippen LogP contribution in [0.25, 0.3) is 0 Å². The van der Waals surface area contributed by atoms with Crippen molar-refractivity contribution in [3.63, 3.8) is 0 Å². The summed E-state index contributed by atoms with van der Waals surface area (Å²) in [6, 6.07) is 7.51. The minimum absolute atomic E-state index is 0.257. The summed E-state index contributed by atoms with van der Waals surface area (Å²) in [5.74, 6) is 0.691. The highest BCUT2D eigenvalue weighted by Gasteiger charge is 2.50. The Labute approximate surface area is 141 Å². The van der Waals surface area contributed by atoms with E-state index in [1.165, 1.54) is 0 Å². The molecule has 1 aromatic rings. The zero-order chi connectivity index (χ0) is 16.3. The van der Waals surface area contributed by atoms with E-state index in [0.29, 0.717) is 5.75 Å². The van der Waals surface area contributed by atoms with Crippen molar-refractivity contribution in [1.82, 2.24) is 4.90 Å². The SMILES string of the molecule is CCCN1C(=S)SC(C)(C)C1[N+]([O-])=Cc1ccccc1OC. The van der Waals surface area contributed by atoms with E-state index < -0.39 is 0 Å². The van der Waals surface area contributed by atoms with Crippen LogP contribution < -0.4 is 4.74 Å². The van der Waals surface area contributed by atoms with Crippen LogP contribution in [0.4, 0.5) is 0 Å². The number of hydrogen-bond acceptors (Lipinski definition) is 4. The molecule has 1 aliphatic heterocycles. The third kappa shape index (κ3) is 3.38. The van der Waals surface area contributed by atoms with Crippen molar-refractivity contribution >= 4 is 34.5 Å². The number of nitrogens with zero attached hydrogens (tertiary/aromatic N) is 2. The predicted molar refractivity (Wildman–Crippen MR) is 96.8 cm³/mol. The Balaban J connectivity index is 2.38. The summed E-state index contributed by atoms with van der Waals surface area (Å²) in [5, 5.41) is 12.8. The average Bonchev–Trinajstić information content (AvgIpc) is 2.69. The number of thiocarbonyl (C=S) groups is 1. The fraction of sp³-hybridized carbons (Fsp3) is 0.500. The van der Waals surface area contributed by atoms with Gasteiger partial charge in [-0.3, -0.25) is 4.90 Å². The lowest BCUT2D eigenvalue weighted by molar-refractivity contribution is -0.523. The van der Waals surface area contributed by atoms with Gasteiger partial charge in [0.05, 0.1) is 12.7 Å². The molecule has 1 atom stereocenters. The normalized spacial score (nSPS) is 21.3. The molecule has 1 aromatic carbocycles. The summed E-state index contributed by atoms with van der Waals surface area (Å²) < 4.78 is 6.87. The second-order valence-corrected chi connectivity index (χ2v) is 8.06. The van der Waals surface area contributed by atoms with Gasteiger partial charge in [0.1, 0.15) is 14.8 Å². The van der Waals surface area contributed by atoms with Gasteiger partial charge in [0.15, 0.2) is 6.21 Å². The maximum Gasteiger partial charge on any atom is 0.254 e. The lowest BCUT2D eigenvalue weighted by Crippen LogP contribution is -2.48. The van der Waals surface area contributed by atoms with E-state index in [1.54, 1.807) is 25.1 Å². The highest BCUT2D eigenvalue weighted by Crippen LogP contribution is 2.41. The molecule has 6 heteroatoms. The monoisotopic (exact) mass is 338 g/mol. The molecule has 0 radical (unpaired) electrons. The summed E-state index contributed by atoms with van der Waals surface area (Å²) in [6.45, 7) is 7.00. The van der Waals surface area contributed by atoms with E-state index in [-0.39, 0.29) is 10.9 Å². The van der Waals surface area contributed by atoms with Gasteiger partial charge in [-0.25, -0.2) is 0 Å². The third-order valence-corrected chi connectivity index (χ3v) is 5.24. The van der Waals surface area contributed by atoms with Gasteiger partial charge in [-0.05, 0) is 32.4 Å². The zero-order valence-electron chi connectivity index (χ0n) is 13.4. The second-order valence-electron chi connectivity index (χ2n) is 5.77. The molecule has 1 aliphatic rings. The molecule has 4 nitrogen and oxygen atoms in total. The molecular weight excluding hydrogens is 316 g/mol. The van der Waals surface area contributed by atoms with Crippen LogP contribution in [0.3, 0.4) is 0 Å². The molecule has 1 saturated heterocycles. The molecule has 0 amide bonds. The first-order chi connectivity index (χ1) is 10.4. The van der Waals surface area contributed by atoms with Crippen LogP contribution in [0.15, 0.2) is 24.3 Å². The Bertz CT molecular complexity index is 587. The molecule has 2 rings (SSSR count). The number of rotatable bonds is 5. The molecule has 1 unspecified atom stereocenters. The van der Waals surface area contributed by atoms with Crippen molar-refractivity contribution in [2.24, 2.45) is 0 Å². The topological polar surface area (TPSA) is 38.5 Å². The number of hydroxylamine groups is 1. The van der Waals surface area contributed by atoms with Crippen molar-refractivity contribution in [3.8, 4) is 5.75 Å². The molecule has 22 heavy (non-hydrogen) atoms. The highest BCUT2D eigenvalue weighted by atomic mass is 32.2. The van der Waals surface area contributed by atoms with E-state index in [1.807, 2.05) is 29.2 Å². The first kappa shape index (κ1) is 17.1. The van der Waals surface area contributed by atoms with E-state index in [4.69, 9.17) is 17.0 Å². The first-order valence-electron chi connectivity index (χ1n) is 7.33. The van der Waals surface area contributed by atoms with Gasteiger partial charge in [-0.15, -0.1) is 0 Å². The Hall–Kier alpha value is -1.27. The predicted octanol–water partition coefficient (Wildman–Crippen LogP) is 3.47. The number of ether oxygens (including phenoxy) is 1. The quantitative estimate of drug-likeness (QED) is 0.270. The van der Waals surface area contributed by atoms with Crippen molar-refractivity contribution < 1.29 is 9.48 Å². The molecule has 0 bridgehead atoms. The Morgan fingerprint density at radius 1 is 1.45 bits per heavy atom. The van der Waals surface area contributed by atoms with Crippen LogP contribution in [-0.2, 0) is 0 Å². The largest absolute Gasteiger partial charge is 0.622 e. The summed E-state index contributed by atoms with van der Waals surface area (Å²) >= 11 is 7.04. The smallest absolute Gasteiger partial charge is 0.254 e. The Morgan fingerprint density at radius 2 is 2.14 bits per heavy atom. The van der Waals surface area contributed by atoms with Crippen molar-refractivity contribution in [1.29, 1.82) is 0 Å². The molecule has 0 saturated carbocycles. The van der Waals surface area contributed by atoms with Crippen molar-refractivity contribution in [2.75, 3.05) is 13.7 Å². The lowest BCUT2D eigenvalue weighted by Gasteiger charge is -2.29. The van der Waals surface area contributed by atoms with Crippen LogP contribution in [0, 0.1) is 5.21 Å². The van der Waals surface area contributed by atoms with Gasteiger partial charge in [0, 0.05) is 6.54 Å². The minimum Gasteiger partial charge on any atom is -0.622 e. The summed E-state index contributed by atoms with van der Waals surface area (Å²) in [7, 11) is 1.61. The lowest BCUT2D eigenvalue weighted by atomic mass is 10.1. The molecule has 0 aromatic heterocycles. The maximum atomic E-state index is 12.8. The van der Waals surface area contributed by atoms with Crippen LogP contribution in [0.5, 0.6) is 5.75 Å². The van der Waals surface area contributed by atoms with Crippen molar-refractivity contribution in [2.45, 2.75) is 38.1 Å². The van der Waals surface area contributed by atoms with E-state index in [9.17, 15) is 5.21 Å². The molecular formula is C16H22N2O2S2. The molecule has 0 N–H and O–H groups in total. The molecule has 1 heterocycles. The highest BCUT2D eigenvalue weighted by molar-refractivity contribution is 8.24. The van der Waals surface area contributed by atoms with E-state index >= 15 is 0 Å². The van der Waals surface area contributed by atoms with E-state index in [0.717, 1.165) is 27.6 Å². The Kier molecular flexibility index (Phi) is 5.34. The molecule has 120 valence electrons. The standard InChI is InChI=1S/C16H22N2O2S2/c1-5-10-17-14(16(2,3)22-15(17)21)18(19)11-12-8-6-7-9-13(12)20-4/h6-9,11,14H,5,10H2,1-4H3. The van der Waals surface area contributed by atoms with Gasteiger partial charge in [0.2, 0.25) is 0 Å². The van der Waals surface area contributed by atoms with Crippen molar-refractivity contribution in [3.05, 3.63) is 35.0 Å². The summed E-state index contributed by atoms with van der Waals surface area (Å²) in [6.07, 6.45) is 2.24. The van der Waals surface area contributed by atoms with Gasteiger partial charge >= 0.3 is 0 Å². The molecule has 0 aliphatic carbocycles. The zero-order valence-corrected chi connectivity index (χ0v) is 15.0. The van der Waals surface area contributed by atoms with Crippen LogP contribution >= 0.6 is 24.0 Å². The summed E-state index contributed by atoms with van der Waals surface area (Å²) in [4.78, 5) is 2.03. The third-order valence-electron chi connectivity index (χ3n) is 3.61. The number of hydrogen-bond donors (Lipinski definition) is 0. The van der Waals surface area contributed by atoms with Gasteiger partial charge in [-0.2, -0.15) is 4.74 Å². The van der Waals surface area contributed by atoms with Crippen LogP contribution in [-0.4, -0.2) is 44.7 Å². The number of benzene rings is 1.